The molecule has 0 radical (unpaired) electrons. The van der Waals surface area contributed by atoms with Gasteiger partial charge in [0.05, 0.1) is 16.8 Å². The van der Waals surface area contributed by atoms with E-state index in [0.717, 1.165) is 25.0 Å². The Morgan fingerprint density at radius 3 is 2.32 bits per heavy atom. The van der Waals surface area contributed by atoms with Gasteiger partial charge in [0.1, 0.15) is 11.6 Å². The first-order valence-electron chi connectivity index (χ1n) is 11.4. The molecule has 1 aliphatic heterocycles. The second kappa shape index (κ2) is 8.14. The molecule has 2 heterocycles. The normalized spacial score (nSPS) is 18.2. The maximum absolute atomic E-state index is 13.6. The molecule has 3 aromatic rings. The van der Waals surface area contributed by atoms with E-state index in [1.54, 1.807) is 42.2 Å². The summed E-state index contributed by atoms with van der Waals surface area (Å²) in [7, 11) is 0. The minimum absolute atomic E-state index is 0.0420. The topological polar surface area (TPSA) is 67.2 Å². The van der Waals surface area contributed by atoms with Gasteiger partial charge in [-0.3, -0.25) is 9.59 Å². The molecule has 1 spiro atoms. The zero-order valence-electron chi connectivity index (χ0n) is 18.7. The molecule has 1 aromatic heterocycles. The maximum Gasteiger partial charge on any atom is 0.418 e. The lowest BCUT2D eigenvalue weighted by Crippen LogP contribution is -2.49. The average molecular weight is 470 g/mol. The Balaban J connectivity index is 1.41. The number of carbonyl (C=O) groups excluding carboxylic acids is 2. The number of halogens is 3. The molecule has 2 aromatic carbocycles. The van der Waals surface area contributed by atoms with Crippen molar-refractivity contribution in [3.05, 3.63) is 59.8 Å². The van der Waals surface area contributed by atoms with E-state index in [4.69, 9.17) is 0 Å². The van der Waals surface area contributed by atoms with Crippen LogP contribution in [-0.2, 0) is 11.0 Å². The lowest BCUT2D eigenvalue weighted by molar-refractivity contribution is -0.136. The summed E-state index contributed by atoms with van der Waals surface area (Å²) < 4.78 is 42.3. The molecule has 1 atom stereocenters. The number of alkyl halides is 3. The van der Waals surface area contributed by atoms with E-state index in [9.17, 15) is 22.8 Å². The minimum Gasteiger partial charge on any atom is -0.341 e. The third kappa shape index (κ3) is 4.15. The van der Waals surface area contributed by atoms with Gasteiger partial charge >= 0.3 is 6.18 Å². The Bertz CT molecular complexity index is 1240. The Hall–Kier alpha value is -3.36. The number of aromatic nitrogens is 2. The lowest BCUT2D eigenvalue weighted by Gasteiger charge is -2.33. The van der Waals surface area contributed by atoms with Gasteiger partial charge in [-0.15, -0.1) is 0 Å². The Morgan fingerprint density at radius 2 is 1.71 bits per heavy atom. The highest BCUT2D eigenvalue weighted by atomic mass is 19.4. The van der Waals surface area contributed by atoms with Crippen molar-refractivity contribution in [2.75, 3.05) is 13.1 Å². The van der Waals surface area contributed by atoms with Crippen molar-refractivity contribution in [2.45, 2.75) is 44.8 Å². The molecule has 2 aliphatic rings. The minimum atomic E-state index is -4.63. The fourth-order valence-electron chi connectivity index (χ4n) is 4.73. The number of para-hydroxylation sites is 1. The summed E-state index contributed by atoms with van der Waals surface area (Å²) >= 11 is 0. The number of piperidine rings is 1. The van der Waals surface area contributed by atoms with Crippen molar-refractivity contribution in [2.24, 2.45) is 5.41 Å². The Morgan fingerprint density at radius 1 is 1.03 bits per heavy atom. The van der Waals surface area contributed by atoms with Gasteiger partial charge in [-0.1, -0.05) is 18.2 Å². The second-order valence-electron chi connectivity index (χ2n) is 9.35. The molecule has 2 amide bonds. The van der Waals surface area contributed by atoms with Crippen LogP contribution in [0.15, 0.2) is 48.7 Å². The third-order valence-corrected chi connectivity index (χ3v) is 7.06. The van der Waals surface area contributed by atoms with Crippen molar-refractivity contribution in [3.8, 4) is 5.69 Å². The highest BCUT2D eigenvalue weighted by molar-refractivity contribution is 6.08. The standard InChI is InChI=1S/C25H25F3N4O2/c1-16(23(34)31-13-11-24(9-10-24)12-14-31)29-22(33)18-7-8-20(25(26,27)28)21-19(18)15-32(30-21)17-5-3-2-4-6-17/h2-8,15-16H,9-14H2,1H3,(H,29,33)/t16-/m0/s1. The van der Waals surface area contributed by atoms with Crippen LogP contribution in [-0.4, -0.2) is 45.6 Å². The van der Waals surface area contributed by atoms with E-state index in [0.29, 0.717) is 24.2 Å². The molecule has 5 rings (SSSR count). The number of hydrogen-bond acceptors (Lipinski definition) is 3. The number of likely N-dealkylation sites (tertiary alicyclic amines) is 1. The largest absolute Gasteiger partial charge is 0.418 e. The Kier molecular flexibility index (Phi) is 5.37. The number of carbonyl (C=O) groups is 2. The van der Waals surface area contributed by atoms with Gasteiger partial charge in [0, 0.05) is 24.7 Å². The first-order chi connectivity index (χ1) is 16.2. The van der Waals surface area contributed by atoms with Gasteiger partial charge in [0.25, 0.3) is 5.91 Å². The van der Waals surface area contributed by atoms with Crippen LogP contribution in [0.3, 0.4) is 0 Å². The third-order valence-electron chi connectivity index (χ3n) is 7.06. The Labute approximate surface area is 194 Å². The summed E-state index contributed by atoms with van der Waals surface area (Å²) in [6.45, 7) is 2.96. The van der Waals surface area contributed by atoms with Crippen LogP contribution in [0.1, 0.15) is 48.5 Å². The van der Waals surface area contributed by atoms with E-state index < -0.39 is 23.7 Å². The van der Waals surface area contributed by atoms with Crippen molar-refractivity contribution in [3.63, 3.8) is 0 Å². The zero-order chi connectivity index (χ0) is 24.1. The number of nitrogens with one attached hydrogen (secondary N) is 1. The van der Waals surface area contributed by atoms with Gasteiger partial charge in [-0.25, -0.2) is 4.68 Å². The van der Waals surface area contributed by atoms with Gasteiger partial charge in [-0.2, -0.15) is 18.3 Å². The molecule has 0 bridgehead atoms. The number of rotatable bonds is 4. The number of nitrogens with zero attached hydrogens (tertiary/aromatic N) is 3. The summed E-state index contributed by atoms with van der Waals surface area (Å²) in [5.74, 6) is -0.783. The van der Waals surface area contributed by atoms with Gasteiger partial charge in [0.2, 0.25) is 5.91 Å². The SMILES string of the molecule is C[C@H](NC(=O)c1ccc(C(F)(F)F)c2nn(-c3ccccc3)cc12)C(=O)N1CCC2(CC1)CC2. The molecule has 6 nitrogen and oxygen atoms in total. The lowest BCUT2D eigenvalue weighted by atomic mass is 9.93. The first kappa shape index (κ1) is 22.4. The van der Waals surface area contributed by atoms with E-state index in [1.807, 2.05) is 0 Å². The molecule has 2 fully saturated rings. The monoisotopic (exact) mass is 470 g/mol. The van der Waals surface area contributed by atoms with E-state index in [2.05, 4.69) is 10.4 Å². The van der Waals surface area contributed by atoms with Crippen molar-refractivity contribution in [1.82, 2.24) is 20.0 Å². The van der Waals surface area contributed by atoms with Crippen LogP contribution in [0.25, 0.3) is 16.6 Å². The maximum atomic E-state index is 13.6. The number of amides is 2. The van der Waals surface area contributed by atoms with Crippen LogP contribution in [0.2, 0.25) is 0 Å². The van der Waals surface area contributed by atoms with Crippen LogP contribution in [0, 0.1) is 5.41 Å². The second-order valence-corrected chi connectivity index (χ2v) is 9.35. The predicted octanol–water partition coefficient (Wildman–Crippen LogP) is 4.57. The van der Waals surface area contributed by atoms with E-state index >= 15 is 0 Å². The van der Waals surface area contributed by atoms with Crippen LogP contribution in [0.5, 0.6) is 0 Å². The first-order valence-corrected chi connectivity index (χ1v) is 11.4. The highest BCUT2D eigenvalue weighted by Gasteiger charge is 2.45. The smallest absolute Gasteiger partial charge is 0.341 e. The fraction of sp³-hybridized carbons (Fsp3) is 0.400. The zero-order valence-corrected chi connectivity index (χ0v) is 18.7. The van der Waals surface area contributed by atoms with Gasteiger partial charge in [0.15, 0.2) is 0 Å². The molecule has 1 saturated carbocycles. The molecule has 0 unspecified atom stereocenters. The molecule has 1 aliphatic carbocycles. The predicted molar refractivity (Wildman–Crippen MR) is 120 cm³/mol. The number of fused-ring (bicyclic) bond motifs is 1. The molecular weight excluding hydrogens is 445 g/mol. The summed E-state index contributed by atoms with van der Waals surface area (Å²) in [6.07, 6.45) is 1.21. The molecular formula is C25H25F3N4O2. The van der Waals surface area contributed by atoms with Crippen molar-refractivity contribution in [1.29, 1.82) is 0 Å². The van der Waals surface area contributed by atoms with Crippen molar-refractivity contribution < 1.29 is 22.8 Å². The van der Waals surface area contributed by atoms with Gasteiger partial charge in [-0.05, 0) is 62.3 Å². The van der Waals surface area contributed by atoms with Crippen LogP contribution in [0.4, 0.5) is 13.2 Å². The van der Waals surface area contributed by atoms with E-state index in [1.165, 1.54) is 23.7 Å². The molecule has 9 heteroatoms. The summed E-state index contributed by atoms with van der Waals surface area (Å²) in [5, 5.41) is 6.90. The van der Waals surface area contributed by atoms with E-state index in [-0.39, 0.29) is 22.4 Å². The molecule has 178 valence electrons. The van der Waals surface area contributed by atoms with Crippen LogP contribution >= 0.6 is 0 Å². The number of hydrogen-bond donors (Lipinski definition) is 1. The highest BCUT2D eigenvalue weighted by Crippen LogP contribution is 2.53. The van der Waals surface area contributed by atoms with Gasteiger partial charge < -0.3 is 10.2 Å². The van der Waals surface area contributed by atoms with Crippen molar-refractivity contribution >= 4 is 22.7 Å². The average Bonchev–Trinajstić information content (AvgIpc) is 3.41. The van der Waals surface area contributed by atoms with Crippen LogP contribution < -0.4 is 5.32 Å². The molecule has 1 N–H and O–H groups in total. The quantitative estimate of drug-likeness (QED) is 0.608. The number of benzene rings is 2. The summed E-state index contributed by atoms with van der Waals surface area (Å²) in [6, 6.07) is 9.93. The fourth-order valence-corrected chi connectivity index (χ4v) is 4.73. The molecule has 1 saturated heterocycles. The summed E-state index contributed by atoms with van der Waals surface area (Å²) in [4.78, 5) is 27.7. The summed E-state index contributed by atoms with van der Waals surface area (Å²) in [5.41, 5.74) is -0.192. The molecule has 34 heavy (non-hydrogen) atoms.